The van der Waals surface area contributed by atoms with E-state index in [1.54, 1.807) is 49.4 Å². The molecule has 362 valence electrons. The molecule has 15 nitrogen and oxygen atoms in total. The minimum Gasteiger partial charge on any atom is -0.508 e. The van der Waals surface area contributed by atoms with E-state index in [4.69, 9.17) is 79.9 Å². The number of carboxylic acid groups (broad SMARTS) is 4. The van der Waals surface area contributed by atoms with Crippen LogP contribution in [0.1, 0.15) is 63.1 Å². The van der Waals surface area contributed by atoms with Gasteiger partial charge >= 0.3 is 31.5 Å². The summed E-state index contributed by atoms with van der Waals surface area (Å²) in [5.41, 5.74) is 8.06. The molecular formula is C46H42Br2Cl3FNO14P. The number of rotatable bonds is 11. The van der Waals surface area contributed by atoms with Gasteiger partial charge in [0.2, 0.25) is 0 Å². The molecule has 6 rings (SSSR count). The molecule has 22 heteroatoms. The van der Waals surface area contributed by atoms with E-state index >= 15 is 0 Å². The van der Waals surface area contributed by atoms with E-state index in [1.807, 2.05) is 31.2 Å². The van der Waals surface area contributed by atoms with E-state index in [1.165, 1.54) is 43.3 Å². The van der Waals surface area contributed by atoms with Crippen LogP contribution in [0, 0.1) is 12.7 Å². The first-order valence-corrected chi connectivity index (χ1v) is 23.5. The Labute approximate surface area is 420 Å². The van der Waals surface area contributed by atoms with Gasteiger partial charge in [-0.05, 0) is 142 Å². The number of benzene rings is 5. The smallest absolute Gasteiger partial charge is 0.359 e. The van der Waals surface area contributed by atoms with Crippen LogP contribution < -0.4 is 15.8 Å². The van der Waals surface area contributed by atoms with Crippen molar-refractivity contribution in [2.45, 2.75) is 39.2 Å². The average molecular weight is 1150 g/mol. The number of halogens is 6. The largest absolute Gasteiger partial charge is 0.508 e. The quantitative estimate of drug-likeness (QED) is 0.0340. The standard InChI is InChI=1S/C16H16O3.C9H7Cl3O3.C8H8O3.C7H5Br2NO2.C6H6FO3P/c1-11(12-6-8-14(17)9-7-12)10-13-4-2-3-5-15(13)16(18)19;1-4(9(13)14)15-8-6(11)2-5(10)3-7(8)12;1-6-2-3-7(11-6)4-5-8(9)10;8-3-1-2-4(10)5(6(3)9)7(11)12;7-5-3-1-2-4-6(5)11(8,9)10/h2-9,11,17H,10H2,1H3,(H,18,19);2-4H,1H3,(H,13,14);2-5H,1H3,(H,9,10);1-2H,10H2,(H,11,12);1-4H,(H2,8,9,10). The molecular weight excluding hydrogens is 1110 g/mol. The molecule has 1 heterocycles. The highest BCUT2D eigenvalue weighted by atomic mass is 79.9. The Kier molecular flexibility index (Phi) is 24.0. The number of aromatic hydroxyl groups is 1. The van der Waals surface area contributed by atoms with Gasteiger partial charge in [0.25, 0.3) is 0 Å². The van der Waals surface area contributed by atoms with Crippen LogP contribution in [-0.2, 0) is 20.6 Å². The van der Waals surface area contributed by atoms with E-state index in [0.29, 0.717) is 31.7 Å². The molecule has 68 heavy (non-hydrogen) atoms. The van der Waals surface area contributed by atoms with Crippen LogP contribution in [0.5, 0.6) is 11.5 Å². The van der Waals surface area contributed by atoms with Gasteiger partial charge in [0.1, 0.15) is 23.1 Å². The van der Waals surface area contributed by atoms with Crippen LogP contribution in [0.25, 0.3) is 6.08 Å². The van der Waals surface area contributed by atoms with Crippen LogP contribution in [-0.4, -0.2) is 65.3 Å². The molecule has 9 N–H and O–H groups in total. The molecule has 6 aromatic rings. The van der Waals surface area contributed by atoms with Crippen molar-refractivity contribution in [2.24, 2.45) is 0 Å². The third-order valence-electron chi connectivity index (χ3n) is 8.50. The fraction of sp³-hybridized carbons (Fsp3) is 0.130. The molecule has 0 aliphatic heterocycles. The molecule has 0 aliphatic carbocycles. The Morgan fingerprint density at radius 3 is 1.87 bits per heavy atom. The number of hydrogen-bond donors (Lipinski definition) is 8. The Balaban J connectivity index is 0.000000297. The van der Waals surface area contributed by atoms with E-state index in [2.05, 4.69) is 31.9 Å². The summed E-state index contributed by atoms with van der Waals surface area (Å²) in [5.74, 6) is -2.99. The monoisotopic (exact) mass is 1140 g/mol. The summed E-state index contributed by atoms with van der Waals surface area (Å²) >= 11 is 23.6. The normalized spacial score (nSPS) is 11.4. The Morgan fingerprint density at radius 2 is 1.40 bits per heavy atom. The maximum atomic E-state index is 12.6. The minimum absolute atomic E-state index is 0.0874. The summed E-state index contributed by atoms with van der Waals surface area (Å²) in [6.07, 6.45) is 2.09. The zero-order valence-electron chi connectivity index (χ0n) is 35.7. The fourth-order valence-electron chi connectivity index (χ4n) is 5.19. The Morgan fingerprint density at radius 1 is 0.824 bits per heavy atom. The second-order valence-electron chi connectivity index (χ2n) is 13.7. The van der Waals surface area contributed by atoms with Gasteiger partial charge in [-0.3, -0.25) is 4.57 Å². The summed E-state index contributed by atoms with van der Waals surface area (Å²) < 4.78 is 34.4. The number of phenolic OH excluding ortho intramolecular Hbond substituents is 1. The number of nitrogens with two attached hydrogens (primary N) is 1. The Bertz CT molecular complexity index is 2750. The van der Waals surface area contributed by atoms with Crippen LogP contribution in [0.3, 0.4) is 0 Å². The lowest BCUT2D eigenvalue weighted by molar-refractivity contribution is -0.144. The number of furan rings is 1. The van der Waals surface area contributed by atoms with Gasteiger partial charge in [0, 0.05) is 25.7 Å². The van der Waals surface area contributed by atoms with Crippen molar-refractivity contribution in [3.05, 3.63) is 179 Å². The van der Waals surface area contributed by atoms with E-state index in [-0.39, 0.29) is 38.7 Å². The van der Waals surface area contributed by atoms with E-state index < -0.39 is 48.7 Å². The number of anilines is 1. The summed E-state index contributed by atoms with van der Waals surface area (Å²) in [6.45, 7) is 5.23. The van der Waals surface area contributed by atoms with E-state index in [0.717, 1.165) is 35.1 Å². The molecule has 2 unspecified atom stereocenters. The maximum Gasteiger partial charge on any atom is 0.359 e. The third-order valence-corrected chi connectivity index (χ3v) is 12.3. The van der Waals surface area contributed by atoms with Gasteiger partial charge in [-0.1, -0.05) is 84.2 Å². The van der Waals surface area contributed by atoms with Crippen LogP contribution in [0.15, 0.2) is 129 Å². The zero-order chi connectivity index (χ0) is 51.5. The summed E-state index contributed by atoms with van der Waals surface area (Å²) in [4.78, 5) is 59.5. The molecule has 0 fully saturated rings. The van der Waals surface area contributed by atoms with Gasteiger partial charge in [-0.25, -0.2) is 23.6 Å². The lowest BCUT2D eigenvalue weighted by Gasteiger charge is -2.13. The van der Waals surface area contributed by atoms with Gasteiger partial charge in [-0.2, -0.15) is 0 Å². The van der Waals surface area contributed by atoms with Crippen molar-refractivity contribution < 1.29 is 72.6 Å². The summed E-state index contributed by atoms with van der Waals surface area (Å²) in [6, 6.07) is 28.5. The van der Waals surface area contributed by atoms with Gasteiger partial charge in [-0.15, -0.1) is 0 Å². The van der Waals surface area contributed by atoms with Crippen molar-refractivity contribution in [3.8, 4) is 11.5 Å². The highest BCUT2D eigenvalue weighted by molar-refractivity contribution is 9.13. The summed E-state index contributed by atoms with van der Waals surface area (Å²) in [5, 5.41) is 44.2. The number of phenols is 1. The molecule has 1 aromatic heterocycles. The summed E-state index contributed by atoms with van der Waals surface area (Å²) in [7, 11) is -4.43. The number of carbonyl (C=O) groups is 4. The fourth-order valence-corrected chi connectivity index (χ4v) is 7.59. The second-order valence-corrected chi connectivity index (χ2v) is 18.2. The maximum absolute atomic E-state index is 12.6. The van der Waals surface area contributed by atoms with Crippen molar-refractivity contribution in [2.75, 3.05) is 5.73 Å². The SMILES string of the molecule is CC(Cc1ccccc1C(=O)O)c1ccc(O)cc1.CC(Oc1c(Cl)cc(Cl)cc1Cl)C(=O)O.Cc1ccc(C=CC(=O)O)o1.Nc1ccc(Br)c(Br)c1C(=O)O.O=P(O)(O)c1ccccc1F. The number of aliphatic carboxylic acids is 2. The lowest BCUT2D eigenvalue weighted by Crippen LogP contribution is -2.23. The van der Waals surface area contributed by atoms with Crippen LogP contribution >= 0.6 is 74.3 Å². The molecule has 0 saturated carbocycles. The van der Waals surface area contributed by atoms with Gasteiger partial charge < -0.3 is 50.2 Å². The van der Waals surface area contributed by atoms with Crippen molar-refractivity contribution in [1.29, 1.82) is 0 Å². The first kappa shape index (κ1) is 58.4. The van der Waals surface area contributed by atoms with E-state index in [9.17, 15) is 33.2 Å². The van der Waals surface area contributed by atoms with Crippen LogP contribution in [0.2, 0.25) is 15.1 Å². The third kappa shape index (κ3) is 19.9. The molecule has 0 radical (unpaired) electrons. The number of ether oxygens (including phenoxy) is 1. The van der Waals surface area contributed by atoms with Crippen molar-refractivity contribution in [3.63, 3.8) is 0 Å². The highest BCUT2D eigenvalue weighted by Crippen LogP contribution is 2.37. The second kappa shape index (κ2) is 28.0. The van der Waals surface area contributed by atoms with Gasteiger partial charge in [0.15, 0.2) is 11.9 Å². The number of aromatic carboxylic acids is 2. The van der Waals surface area contributed by atoms with Crippen LogP contribution in [0.4, 0.5) is 10.1 Å². The number of carboxylic acids is 4. The van der Waals surface area contributed by atoms with Gasteiger partial charge in [0.05, 0.1) is 26.5 Å². The predicted octanol–water partition coefficient (Wildman–Crippen LogP) is 11.7. The minimum atomic E-state index is -4.43. The highest BCUT2D eigenvalue weighted by Gasteiger charge is 2.21. The molecule has 0 bridgehead atoms. The number of aryl methyl sites for hydroxylation is 1. The Hall–Kier alpha value is -5.69. The molecule has 2 atom stereocenters. The molecule has 0 saturated heterocycles. The molecule has 5 aromatic carbocycles. The number of hydrogen-bond acceptors (Lipinski definition) is 9. The zero-order valence-corrected chi connectivity index (χ0v) is 42.0. The molecule has 0 amide bonds. The topological polar surface area (TPSA) is 275 Å². The molecule has 0 spiro atoms. The number of nitrogen functional groups attached to an aromatic ring is 1. The van der Waals surface area contributed by atoms with Crippen molar-refractivity contribution >= 4 is 115 Å². The average Bonchev–Trinajstić information content (AvgIpc) is 3.68. The van der Waals surface area contributed by atoms with Crippen molar-refractivity contribution in [1.82, 2.24) is 0 Å². The first-order chi connectivity index (χ1) is 31.7. The predicted molar refractivity (Wildman–Crippen MR) is 264 cm³/mol. The lowest BCUT2D eigenvalue weighted by atomic mass is 9.91. The molecule has 0 aliphatic rings. The first-order valence-electron chi connectivity index (χ1n) is 19.1.